The zero-order valence-corrected chi connectivity index (χ0v) is 16.5. The minimum absolute atomic E-state index is 0.150. The van der Waals surface area contributed by atoms with Crippen molar-refractivity contribution in [2.75, 3.05) is 11.9 Å². The van der Waals surface area contributed by atoms with E-state index < -0.39 is 0 Å². The molecular formula is C18H20N4O2S2. The maximum atomic E-state index is 12.2. The van der Waals surface area contributed by atoms with Crippen molar-refractivity contribution in [2.45, 2.75) is 39.7 Å². The number of fused-ring (bicyclic) bond motifs is 1. The lowest BCUT2D eigenvalue weighted by atomic mass is 10.1. The average molecular weight is 389 g/mol. The van der Waals surface area contributed by atoms with Crippen molar-refractivity contribution in [3.8, 4) is 0 Å². The third kappa shape index (κ3) is 3.19. The highest BCUT2D eigenvalue weighted by Crippen LogP contribution is 2.45. The summed E-state index contributed by atoms with van der Waals surface area (Å²) in [7, 11) is 0. The second kappa shape index (κ2) is 6.92. The van der Waals surface area contributed by atoms with Gasteiger partial charge in [-0.15, -0.1) is 22.7 Å². The lowest BCUT2D eigenvalue weighted by Gasteiger charge is -2.17. The summed E-state index contributed by atoms with van der Waals surface area (Å²) in [5, 5.41) is 5.59. The Bertz CT molecular complexity index is 961. The largest absolute Gasteiger partial charge is 0.462 e. The molecule has 0 bridgehead atoms. The van der Waals surface area contributed by atoms with Crippen LogP contribution in [-0.4, -0.2) is 27.5 Å². The first-order valence-corrected chi connectivity index (χ1v) is 10.3. The number of thiophene rings is 1. The van der Waals surface area contributed by atoms with Gasteiger partial charge in [-0.3, -0.25) is 0 Å². The molecule has 136 valence electrons. The number of anilines is 1. The van der Waals surface area contributed by atoms with Gasteiger partial charge in [0.15, 0.2) is 0 Å². The molecule has 1 aliphatic carbocycles. The van der Waals surface area contributed by atoms with Crippen LogP contribution in [0.5, 0.6) is 0 Å². The smallest absolute Gasteiger partial charge is 0.348 e. The van der Waals surface area contributed by atoms with Crippen molar-refractivity contribution in [2.24, 2.45) is 5.92 Å². The molecule has 1 aliphatic rings. The maximum absolute atomic E-state index is 12.2. The van der Waals surface area contributed by atoms with Gasteiger partial charge in [0, 0.05) is 11.1 Å². The van der Waals surface area contributed by atoms with Crippen LogP contribution in [0.3, 0.4) is 0 Å². The van der Waals surface area contributed by atoms with Crippen LogP contribution in [0.1, 0.15) is 50.9 Å². The van der Waals surface area contributed by atoms with E-state index >= 15 is 0 Å². The summed E-state index contributed by atoms with van der Waals surface area (Å²) in [6, 6.07) is 0.150. The number of esters is 1. The van der Waals surface area contributed by atoms with Crippen molar-refractivity contribution < 1.29 is 9.53 Å². The molecule has 1 atom stereocenters. The first-order chi connectivity index (χ1) is 12.6. The minimum atomic E-state index is -0.298. The standard InChI is InChI=1S/C18H20N4O2S2/c1-4-24-18(23)14-10(3)12-15(20-8-21-16(12)26-14)22-13(11-5-6-11)17-19-7-9(2)25-17/h7-8,11,13H,4-6H2,1-3H3,(H,20,21,22). The quantitative estimate of drug-likeness (QED) is 0.626. The maximum Gasteiger partial charge on any atom is 0.348 e. The number of aryl methyl sites for hydroxylation is 2. The van der Waals surface area contributed by atoms with Crippen LogP contribution in [0.2, 0.25) is 0 Å². The van der Waals surface area contributed by atoms with Gasteiger partial charge in [-0.05, 0) is 45.1 Å². The molecule has 4 rings (SSSR count). The van der Waals surface area contributed by atoms with Crippen molar-refractivity contribution >= 4 is 44.7 Å². The van der Waals surface area contributed by atoms with Crippen molar-refractivity contribution in [3.05, 3.63) is 32.8 Å². The predicted molar refractivity (Wildman–Crippen MR) is 104 cm³/mol. The molecule has 1 N–H and O–H groups in total. The Kier molecular flexibility index (Phi) is 4.62. The number of nitrogens with zero attached hydrogens (tertiary/aromatic N) is 3. The van der Waals surface area contributed by atoms with Crippen LogP contribution in [-0.2, 0) is 4.74 Å². The highest BCUT2D eigenvalue weighted by molar-refractivity contribution is 7.20. The Morgan fingerprint density at radius 3 is 2.77 bits per heavy atom. The zero-order valence-electron chi connectivity index (χ0n) is 14.9. The zero-order chi connectivity index (χ0) is 18.3. The summed E-state index contributed by atoms with van der Waals surface area (Å²) in [6.45, 7) is 6.17. The van der Waals surface area contributed by atoms with Crippen LogP contribution >= 0.6 is 22.7 Å². The number of rotatable bonds is 6. The SMILES string of the molecule is CCOC(=O)c1sc2ncnc(NC(c3ncc(C)s3)C3CC3)c2c1C. The molecule has 3 aromatic heterocycles. The molecule has 1 unspecified atom stereocenters. The van der Waals surface area contributed by atoms with Gasteiger partial charge in [0.1, 0.15) is 26.9 Å². The monoisotopic (exact) mass is 388 g/mol. The van der Waals surface area contributed by atoms with Gasteiger partial charge in [0.05, 0.1) is 18.0 Å². The van der Waals surface area contributed by atoms with Gasteiger partial charge in [-0.2, -0.15) is 0 Å². The first-order valence-electron chi connectivity index (χ1n) is 8.68. The van der Waals surface area contributed by atoms with Gasteiger partial charge in [0.2, 0.25) is 0 Å². The average Bonchev–Trinajstić information content (AvgIpc) is 3.28. The summed E-state index contributed by atoms with van der Waals surface area (Å²) < 4.78 is 5.17. The minimum Gasteiger partial charge on any atom is -0.462 e. The third-order valence-corrected chi connectivity index (χ3v) is 6.65. The fourth-order valence-electron chi connectivity index (χ4n) is 3.05. The van der Waals surface area contributed by atoms with Gasteiger partial charge in [-0.25, -0.2) is 19.7 Å². The van der Waals surface area contributed by atoms with Crippen LogP contribution in [0.4, 0.5) is 5.82 Å². The van der Waals surface area contributed by atoms with Gasteiger partial charge in [0.25, 0.3) is 0 Å². The Morgan fingerprint density at radius 1 is 1.31 bits per heavy atom. The van der Waals surface area contributed by atoms with E-state index in [9.17, 15) is 4.79 Å². The molecule has 0 amide bonds. The number of thiazole rings is 1. The van der Waals surface area contributed by atoms with Crippen LogP contribution in [0.15, 0.2) is 12.5 Å². The van der Waals surface area contributed by atoms with E-state index in [-0.39, 0.29) is 12.0 Å². The second-order valence-corrected chi connectivity index (χ2v) is 8.71. The highest BCUT2D eigenvalue weighted by Gasteiger charge is 2.35. The Balaban J connectivity index is 1.73. The van der Waals surface area contributed by atoms with E-state index in [1.54, 1.807) is 17.7 Å². The number of carbonyl (C=O) groups excluding carboxylic acids is 1. The molecule has 0 aliphatic heterocycles. The lowest BCUT2D eigenvalue weighted by Crippen LogP contribution is -2.14. The molecule has 26 heavy (non-hydrogen) atoms. The number of nitrogens with one attached hydrogen (secondary N) is 1. The van der Waals surface area contributed by atoms with E-state index in [0.29, 0.717) is 17.4 Å². The topological polar surface area (TPSA) is 77.0 Å². The van der Waals surface area contributed by atoms with Gasteiger partial charge in [-0.1, -0.05) is 0 Å². The molecule has 0 saturated heterocycles. The van der Waals surface area contributed by atoms with Crippen molar-refractivity contribution in [1.29, 1.82) is 0 Å². The molecule has 6 nitrogen and oxygen atoms in total. The van der Waals surface area contributed by atoms with Gasteiger partial charge >= 0.3 is 5.97 Å². The molecule has 8 heteroatoms. The summed E-state index contributed by atoms with van der Waals surface area (Å²) in [5.74, 6) is 1.05. The summed E-state index contributed by atoms with van der Waals surface area (Å²) in [4.78, 5) is 28.2. The van der Waals surface area contributed by atoms with Crippen molar-refractivity contribution in [1.82, 2.24) is 15.0 Å². The lowest BCUT2D eigenvalue weighted by molar-refractivity contribution is 0.0531. The van der Waals surface area contributed by atoms with E-state index in [1.165, 1.54) is 29.1 Å². The summed E-state index contributed by atoms with van der Waals surface area (Å²) >= 11 is 3.08. The highest BCUT2D eigenvalue weighted by atomic mass is 32.1. The molecule has 1 fully saturated rings. The molecule has 0 aromatic carbocycles. The number of hydrogen-bond acceptors (Lipinski definition) is 8. The number of hydrogen-bond donors (Lipinski definition) is 1. The fraction of sp³-hybridized carbons (Fsp3) is 0.444. The van der Waals surface area contributed by atoms with Crippen molar-refractivity contribution in [3.63, 3.8) is 0 Å². The van der Waals surface area contributed by atoms with E-state index in [0.717, 1.165) is 26.6 Å². The number of ether oxygens (including phenoxy) is 1. The molecular weight excluding hydrogens is 368 g/mol. The molecule has 3 aromatic rings. The molecule has 0 radical (unpaired) electrons. The number of carbonyl (C=O) groups is 1. The molecule has 3 heterocycles. The molecule has 0 spiro atoms. The van der Waals surface area contributed by atoms with Crippen LogP contribution in [0.25, 0.3) is 10.2 Å². The van der Waals surface area contributed by atoms with Gasteiger partial charge < -0.3 is 10.1 Å². The Hall–Kier alpha value is -2.06. The van der Waals surface area contributed by atoms with E-state index in [2.05, 4.69) is 27.2 Å². The molecule has 1 saturated carbocycles. The van der Waals surface area contributed by atoms with Crippen LogP contribution < -0.4 is 5.32 Å². The normalized spacial score (nSPS) is 15.2. The van der Waals surface area contributed by atoms with E-state index in [1.807, 2.05) is 20.0 Å². The fourth-order valence-corrected chi connectivity index (χ4v) is 5.01. The van der Waals surface area contributed by atoms with E-state index in [4.69, 9.17) is 4.74 Å². The second-order valence-electron chi connectivity index (χ2n) is 6.45. The first kappa shape index (κ1) is 17.4. The third-order valence-electron chi connectivity index (χ3n) is 4.48. The summed E-state index contributed by atoms with van der Waals surface area (Å²) in [5.41, 5.74) is 0.872. The van der Waals surface area contributed by atoms with Crippen LogP contribution in [0, 0.1) is 19.8 Å². The summed E-state index contributed by atoms with van der Waals surface area (Å²) in [6.07, 6.45) is 5.86. The Labute approximate surface area is 159 Å². The Morgan fingerprint density at radius 2 is 2.12 bits per heavy atom. The number of aromatic nitrogens is 3. The predicted octanol–water partition coefficient (Wildman–Crippen LogP) is 4.50.